The Morgan fingerprint density at radius 2 is 1.76 bits per heavy atom. The van der Waals surface area contributed by atoms with Crippen LogP contribution in [0.15, 0.2) is 60.9 Å². The Balaban J connectivity index is 1.40. The first-order chi connectivity index (χ1) is 17.8. The quantitative estimate of drug-likeness (QED) is 0.413. The van der Waals surface area contributed by atoms with E-state index in [1.54, 1.807) is 18.9 Å². The van der Waals surface area contributed by atoms with E-state index in [2.05, 4.69) is 53.0 Å². The molecule has 1 unspecified atom stereocenters. The van der Waals surface area contributed by atoms with Crippen molar-refractivity contribution >= 4 is 22.6 Å². The lowest BCUT2D eigenvalue weighted by Gasteiger charge is -2.35. The predicted octanol–water partition coefficient (Wildman–Crippen LogP) is 4.41. The van der Waals surface area contributed by atoms with Crippen molar-refractivity contribution in [2.24, 2.45) is 0 Å². The van der Waals surface area contributed by atoms with Gasteiger partial charge in [0.2, 0.25) is 0 Å². The predicted molar refractivity (Wildman–Crippen MR) is 150 cm³/mol. The van der Waals surface area contributed by atoms with Crippen LogP contribution in [0.1, 0.15) is 22.8 Å². The molecule has 2 aromatic heterocycles. The minimum Gasteiger partial charge on any atom is -0.392 e. The number of fused-ring (bicyclic) bond motifs is 1. The van der Waals surface area contributed by atoms with Gasteiger partial charge in [0.15, 0.2) is 0 Å². The van der Waals surface area contributed by atoms with Crippen LogP contribution in [0.5, 0.6) is 0 Å². The highest BCUT2D eigenvalue weighted by molar-refractivity contribution is 5.98. The third kappa shape index (κ3) is 5.24. The molecule has 0 spiro atoms. The van der Waals surface area contributed by atoms with Crippen LogP contribution >= 0.6 is 0 Å². The Kier molecular flexibility index (Phi) is 7.00. The minimum atomic E-state index is -0.562. The maximum absolute atomic E-state index is 12.7. The number of piperazine rings is 1. The summed E-state index contributed by atoms with van der Waals surface area (Å²) in [6.45, 7) is 8.45. The molecule has 7 nitrogen and oxygen atoms in total. The molecule has 4 aromatic rings. The van der Waals surface area contributed by atoms with Crippen LogP contribution in [-0.2, 0) is 0 Å². The number of nitrogens with one attached hydrogen (secondary N) is 1. The molecule has 1 amide bonds. The van der Waals surface area contributed by atoms with E-state index < -0.39 is 6.10 Å². The molecule has 1 fully saturated rings. The number of H-pyrrole nitrogens is 1. The van der Waals surface area contributed by atoms with Crippen molar-refractivity contribution < 1.29 is 9.90 Å². The smallest absolute Gasteiger partial charge is 0.253 e. The zero-order valence-corrected chi connectivity index (χ0v) is 22.0. The standard InChI is InChI=1S/C30H35N5O2/c1-20-15-24(9-10-28(20)35-13-11-33(3)12-14-35)25-16-26-27(18-32-29(26)31-17-25)22-5-7-23(8-6-22)30(37)34(4)19-21(2)36/h5-10,15-18,21,36H,11-14,19H2,1-4H3,(H,31,32). The molecule has 5 rings (SSSR count). The fourth-order valence-corrected chi connectivity index (χ4v) is 5.13. The third-order valence-corrected chi connectivity index (χ3v) is 7.23. The van der Waals surface area contributed by atoms with Gasteiger partial charge in [-0.1, -0.05) is 18.2 Å². The number of aliphatic hydroxyl groups excluding tert-OH is 1. The van der Waals surface area contributed by atoms with Crippen molar-refractivity contribution in [3.63, 3.8) is 0 Å². The second-order valence-corrected chi connectivity index (χ2v) is 10.2. The van der Waals surface area contributed by atoms with Gasteiger partial charge in [-0.15, -0.1) is 0 Å². The molecule has 192 valence electrons. The molecule has 37 heavy (non-hydrogen) atoms. The number of amides is 1. The number of hydrogen-bond acceptors (Lipinski definition) is 5. The van der Waals surface area contributed by atoms with Gasteiger partial charge < -0.3 is 24.8 Å². The molecule has 1 aliphatic rings. The first-order valence-corrected chi connectivity index (χ1v) is 12.9. The number of hydrogen-bond donors (Lipinski definition) is 2. The summed E-state index contributed by atoms with van der Waals surface area (Å²) in [7, 11) is 3.88. The van der Waals surface area contributed by atoms with E-state index in [1.807, 2.05) is 36.7 Å². The number of benzene rings is 2. The van der Waals surface area contributed by atoms with Crippen molar-refractivity contribution in [2.45, 2.75) is 20.0 Å². The summed E-state index contributed by atoms with van der Waals surface area (Å²) >= 11 is 0. The van der Waals surface area contributed by atoms with Crippen LogP contribution in [-0.4, -0.2) is 83.7 Å². The fourth-order valence-electron chi connectivity index (χ4n) is 5.13. The maximum atomic E-state index is 12.7. The largest absolute Gasteiger partial charge is 0.392 e. The number of likely N-dealkylation sites (N-methyl/N-ethyl adjacent to an activating group) is 2. The molecular formula is C30H35N5O2. The maximum Gasteiger partial charge on any atom is 0.253 e. The first-order valence-electron chi connectivity index (χ1n) is 12.9. The van der Waals surface area contributed by atoms with Gasteiger partial charge in [0.25, 0.3) is 5.91 Å². The highest BCUT2D eigenvalue weighted by atomic mass is 16.3. The van der Waals surface area contributed by atoms with Crippen LogP contribution in [0.25, 0.3) is 33.3 Å². The highest BCUT2D eigenvalue weighted by Gasteiger charge is 2.17. The van der Waals surface area contributed by atoms with Gasteiger partial charge in [-0.2, -0.15) is 0 Å². The molecule has 0 saturated carbocycles. The number of aliphatic hydroxyl groups is 1. The lowest BCUT2D eigenvalue weighted by molar-refractivity contribution is 0.0703. The monoisotopic (exact) mass is 497 g/mol. The molecule has 7 heteroatoms. The van der Waals surface area contributed by atoms with Gasteiger partial charge in [0, 0.05) is 79.9 Å². The molecule has 1 aliphatic heterocycles. The molecule has 0 radical (unpaired) electrons. The fraction of sp³-hybridized carbons (Fsp3) is 0.333. The Morgan fingerprint density at radius 1 is 1.05 bits per heavy atom. The van der Waals surface area contributed by atoms with Crippen molar-refractivity contribution in [1.82, 2.24) is 19.8 Å². The number of carbonyl (C=O) groups excluding carboxylic acids is 1. The highest BCUT2D eigenvalue weighted by Crippen LogP contribution is 2.33. The normalized spacial score (nSPS) is 15.2. The van der Waals surface area contributed by atoms with Gasteiger partial charge >= 0.3 is 0 Å². The average molecular weight is 498 g/mol. The summed E-state index contributed by atoms with van der Waals surface area (Å²) in [6, 6.07) is 16.5. The van der Waals surface area contributed by atoms with Crippen LogP contribution in [0.3, 0.4) is 0 Å². The topological polar surface area (TPSA) is 75.7 Å². The van der Waals surface area contributed by atoms with E-state index in [0.717, 1.165) is 59.5 Å². The average Bonchev–Trinajstić information content (AvgIpc) is 3.32. The zero-order valence-electron chi connectivity index (χ0n) is 22.0. The van der Waals surface area contributed by atoms with E-state index in [1.165, 1.54) is 11.3 Å². The van der Waals surface area contributed by atoms with E-state index in [-0.39, 0.29) is 5.91 Å². The Morgan fingerprint density at radius 3 is 2.43 bits per heavy atom. The number of rotatable bonds is 6. The van der Waals surface area contributed by atoms with E-state index in [9.17, 15) is 9.90 Å². The number of nitrogens with zero attached hydrogens (tertiary/aromatic N) is 4. The van der Waals surface area contributed by atoms with Crippen LogP contribution < -0.4 is 4.90 Å². The van der Waals surface area contributed by atoms with Gasteiger partial charge in [-0.25, -0.2) is 4.98 Å². The number of pyridine rings is 1. The Labute approximate surface area is 218 Å². The number of aryl methyl sites for hydroxylation is 1. The van der Waals surface area contributed by atoms with Gasteiger partial charge in [-0.05, 0) is 67.9 Å². The van der Waals surface area contributed by atoms with E-state index in [4.69, 9.17) is 4.98 Å². The second-order valence-electron chi connectivity index (χ2n) is 10.2. The lowest BCUT2D eigenvalue weighted by atomic mass is 9.99. The number of carbonyl (C=O) groups is 1. The minimum absolute atomic E-state index is 0.106. The summed E-state index contributed by atoms with van der Waals surface area (Å²) in [4.78, 5) is 27.0. The van der Waals surface area contributed by atoms with E-state index >= 15 is 0 Å². The summed E-state index contributed by atoms with van der Waals surface area (Å²) in [5.74, 6) is -0.106. The summed E-state index contributed by atoms with van der Waals surface area (Å²) in [6.07, 6.45) is 3.33. The molecule has 2 aromatic carbocycles. The first kappa shape index (κ1) is 25.0. The van der Waals surface area contributed by atoms with Gasteiger partial charge in [0.1, 0.15) is 5.65 Å². The molecule has 1 atom stereocenters. The SMILES string of the molecule is Cc1cc(-c2cnc3[nH]cc(-c4ccc(C(=O)N(C)CC(C)O)cc4)c3c2)ccc1N1CCN(C)CC1. The van der Waals surface area contributed by atoms with Crippen LogP contribution in [0, 0.1) is 6.92 Å². The van der Waals surface area contributed by atoms with Gasteiger partial charge in [0.05, 0.1) is 6.10 Å². The number of aromatic nitrogens is 2. The lowest BCUT2D eigenvalue weighted by Crippen LogP contribution is -2.44. The van der Waals surface area contributed by atoms with Crippen molar-refractivity contribution in [1.29, 1.82) is 0 Å². The van der Waals surface area contributed by atoms with Crippen LogP contribution in [0.2, 0.25) is 0 Å². The number of aromatic amines is 1. The Hall–Kier alpha value is -3.68. The van der Waals surface area contributed by atoms with E-state index in [0.29, 0.717) is 12.1 Å². The molecule has 2 N–H and O–H groups in total. The summed E-state index contributed by atoms with van der Waals surface area (Å²) in [5.41, 5.74) is 8.31. The third-order valence-electron chi connectivity index (χ3n) is 7.23. The number of anilines is 1. The Bertz CT molecular complexity index is 1400. The van der Waals surface area contributed by atoms with Crippen molar-refractivity contribution in [2.75, 3.05) is 51.7 Å². The molecule has 1 saturated heterocycles. The van der Waals surface area contributed by atoms with Crippen molar-refractivity contribution in [3.05, 3.63) is 72.1 Å². The van der Waals surface area contributed by atoms with Crippen molar-refractivity contribution in [3.8, 4) is 22.3 Å². The second kappa shape index (κ2) is 10.4. The molecule has 3 heterocycles. The van der Waals surface area contributed by atoms with Gasteiger partial charge in [-0.3, -0.25) is 4.79 Å². The zero-order chi connectivity index (χ0) is 26.1. The molecule has 0 aliphatic carbocycles. The van der Waals surface area contributed by atoms with Crippen LogP contribution in [0.4, 0.5) is 5.69 Å². The molecular weight excluding hydrogens is 462 g/mol. The molecule has 0 bridgehead atoms. The summed E-state index contributed by atoms with van der Waals surface area (Å²) < 4.78 is 0. The summed E-state index contributed by atoms with van der Waals surface area (Å²) in [5, 5.41) is 10.6.